The van der Waals surface area contributed by atoms with Gasteiger partial charge in [0.25, 0.3) is 10.1 Å². The molecular weight excluding hydrogens is 729 g/mol. The van der Waals surface area contributed by atoms with Crippen LogP contribution in [-0.4, -0.2) is 31.2 Å². The number of phenols is 1. The molecule has 0 aromatic heterocycles. The van der Waals surface area contributed by atoms with E-state index in [0.717, 1.165) is 29.8 Å². The Labute approximate surface area is 319 Å². The SMILES string of the molecule is CCCCN(CCCC)c1ccc(/C=C/c2ccc(/C=C\c3ccc(-c4c5cc(Cl)c(=O)cc-5oc5cc(O)c(Cl)cc45)c(S(=O)(=O)O)c3)cc2)cc1. The smallest absolute Gasteiger partial charge is 0.295 e. The van der Waals surface area contributed by atoms with Crippen molar-refractivity contribution >= 4 is 74.3 Å². The first-order chi connectivity index (χ1) is 25.4. The van der Waals surface area contributed by atoms with Gasteiger partial charge in [0.15, 0.2) is 0 Å². The molecule has 4 aromatic carbocycles. The summed E-state index contributed by atoms with van der Waals surface area (Å²) in [5.74, 6) is -0.154. The lowest BCUT2D eigenvalue weighted by Crippen LogP contribution is -2.25. The Morgan fingerprint density at radius 1 is 0.698 bits per heavy atom. The summed E-state index contributed by atoms with van der Waals surface area (Å²) < 4.78 is 42.0. The van der Waals surface area contributed by atoms with Crippen LogP contribution in [0.2, 0.25) is 10.0 Å². The van der Waals surface area contributed by atoms with Crippen LogP contribution in [0.3, 0.4) is 0 Å². The molecule has 0 fully saturated rings. The van der Waals surface area contributed by atoms with Crippen LogP contribution in [0.1, 0.15) is 61.8 Å². The molecule has 0 saturated heterocycles. The van der Waals surface area contributed by atoms with Gasteiger partial charge in [0.1, 0.15) is 22.0 Å². The van der Waals surface area contributed by atoms with Crippen molar-refractivity contribution < 1.29 is 22.5 Å². The van der Waals surface area contributed by atoms with Crippen LogP contribution in [0.15, 0.2) is 105 Å². The van der Waals surface area contributed by atoms with Gasteiger partial charge in [-0.2, -0.15) is 8.42 Å². The molecule has 0 radical (unpaired) electrons. The standard InChI is InChI=1S/C43H39Cl2NO6S/c1-3-5-21-46(22-6-4-2)32-18-15-30(16-19-32)12-11-28-7-9-29(10-8-28)13-14-31-17-20-33(42(23-31)53(49,50)51)43-34-24-36(44)38(47)26-40(34)52-41-27-39(48)37(45)25-35(41)43/h7-20,23-27,47H,3-6,21-22H2,1-2H3,(H,49,50,51)/b12-11+,14-13-. The molecule has 0 bridgehead atoms. The number of halogens is 2. The Kier molecular flexibility index (Phi) is 11.7. The molecule has 0 amide bonds. The summed E-state index contributed by atoms with van der Waals surface area (Å²) in [7, 11) is -4.76. The average Bonchev–Trinajstić information content (AvgIpc) is 3.14. The van der Waals surface area contributed by atoms with Crippen molar-refractivity contribution in [2.45, 2.75) is 44.4 Å². The summed E-state index contributed by atoms with van der Waals surface area (Å²) in [6.07, 6.45) is 12.5. The topological polar surface area (TPSA) is 108 Å². The van der Waals surface area contributed by atoms with Crippen molar-refractivity contribution in [3.05, 3.63) is 134 Å². The first-order valence-corrected chi connectivity index (χ1v) is 19.7. The summed E-state index contributed by atoms with van der Waals surface area (Å²) in [5.41, 5.74) is 5.20. The van der Waals surface area contributed by atoms with E-state index in [1.54, 1.807) is 18.2 Å². The van der Waals surface area contributed by atoms with Gasteiger partial charge in [0, 0.05) is 53.0 Å². The van der Waals surface area contributed by atoms with Crippen LogP contribution in [0, 0.1) is 0 Å². The maximum Gasteiger partial charge on any atom is 0.295 e. The second kappa shape index (κ2) is 16.4. The quantitative estimate of drug-likeness (QED) is 0.0684. The highest BCUT2D eigenvalue weighted by molar-refractivity contribution is 7.86. The first kappa shape index (κ1) is 37.9. The van der Waals surface area contributed by atoms with Gasteiger partial charge in [0.2, 0.25) is 5.43 Å². The minimum Gasteiger partial charge on any atom is -0.506 e. The lowest BCUT2D eigenvalue weighted by Gasteiger charge is -2.24. The molecule has 0 saturated carbocycles. The lowest BCUT2D eigenvalue weighted by atomic mass is 9.93. The summed E-state index contributed by atoms with van der Waals surface area (Å²) in [5, 5.41) is 10.5. The highest BCUT2D eigenvalue weighted by Gasteiger charge is 2.25. The molecule has 6 rings (SSSR count). The molecule has 272 valence electrons. The van der Waals surface area contributed by atoms with Crippen LogP contribution in [0.4, 0.5) is 5.69 Å². The van der Waals surface area contributed by atoms with E-state index in [4.69, 9.17) is 27.6 Å². The molecule has 2 N–H and O–H groups in total. The van der Waals surface area contributed by atoms with Gasteiger partial charge < -0.3 is 14.4 Å². The third kappa shape index (κ3) is 8.86. The van der Waals surface area contributed by atoms with E-state index >= 15 is 0 Å². The van der Waals surface area contributed by atoms with Gasteiger partial charge in [-0.1, -0.05) is 123 Å². The Morgan fingerprint density at radius 2 is 1.25 bits per heavy atom. The van der Waals surface area contributed by atoms with E-state index < -0.39 is 15.5 Å². The van der Waals surface area contributed by atoms with Gasteiger partial charge in [-0.05, 0) is 65.4 Å². The fourth-order valence-corrected chi connectivity index (χ4v) is 7.28. The molecular formula is C43H39Cl2NO6S. The van der Waals surface area contributed by atoms with E-state index in [-0.39, 0.29) is 37.6 Å². The number of hydrogen-bond acceptors (Lipinski definition) is 6. The number of hydrogen-bond donors (Lipinski definition) is 2. The molecule has 7 nitrogen and oxygen atoms in total. The van der Waals surface area contributed by atoms with Crippen LogP contribution in [0.25, 0.3) is 57.7 Å². The summed E-state index contributed by atoms with van der Waals surface area (Å²) >= 11 is 12.5. The molecule has 1 heterocycles. The summed E-state index contributed by atoms with van der Waals surface area (Å²) in [6.45, 7) is 6.59. The molecule has 0 spiro atoms. The molecule has 2 aliphatic rings. The average molecular weight is 769 g/mol. The van der Waals surface area contributed by atoms with Crippen molar-refractivity contribution in [2.75, 3.05) is 18.0 Å². The van der Waals surface area contributed by atoms with E-state index in [0.29, 0.717) is 22.1 Å². The van der Waals surface area contributed by atoms with Crippen molar-refractivity contribution in [2.24, 2.45) is 0 Å². The molecule has 53 heavy (non-hydrogen) atoms. The molecule has 1 aliphatic carbocycles. The van der Waals surface area contributed by atoms with Crippen LogP contribution >= 0.6 is 23.2 Å². The predicted octanol–water partition coefficient (Wildman–Crippen LogP) is 11.6. The zero-order valence-corrected chi connectivity index (χ0v) is 31.7. The van der Waals surface area contributed by atoms with Crippen molar-refractivity contribution in [3.63, 3.8) is 0 Å². The van der Waals surface area contributed by atoms with Crippen LogP contribution in [0.5, 0.6) is 5.75 Å². The first-order valence-electron chi connectivity index (χ1n) is 17.5. The van der Waals surface area contributed by atoms with E-state index in [1.807, 2.05) is 30.3 Å². The molecule has 0 unspecified atom stereocenters. The summed E-state index contributed by atoms with van der Waals surface area (Å²) in [4.78, 5) is 14.5. The van der Waals surface area contributed by atoms with E-state index in [2.05, 4.69) is 55.2 Å². The largest absolute Gasteiger partial charge is 0.506 e. The number of fused-ring (bicyclic) bond motifs is 2. The van der Waals surface area contributed by atoms with Gasteiger partial charge in [0.05, 0.1) is 10.0 Å². The van der Waals surface area contributed by atoms with Gasteiger partial charge in [-0.3, -0.25) is 9.35 Å². The Balaban J connectivity index is 1.26. The van der Waals surface area contributed by atoms with Gasteiger partial charge in [-0.25, -0.2) is 0 Å². The maximum atomic E-state index is 12.8. The fraction of sp³-hybridized carbons (Fsp3) is 0.186. The highest BCUT2D eigenvalue weighted by atomic mass is 35.5. The number of benzene rings is 5. The second-order valence-corrected chi connectivity index (χ2v) is 15.1. The van der Waals surface area contributed by atoms with E-state index in [1.165, 1.54) is 61.7 Å². The van der Waals surface area contributed by atoms with Crippen LogP contribution in [-0.2, 0) is 10.1 Å². The predicted molar refractivity (Wildman–Crippen MR) is 219 cm³/mol. The summed E-state index contributed by atoms with van der Waals surface area (Å²) in [6, 6.07) is 26.5. The lowest BCUT2D eigenvalue weighted by molar-refractivity contribution is 0.474. The monoisotopic (exact) mass is 767 g/mol. The number of aromatic hydroxyl groups is 1. The molecule has 4 aromatic rings. The van der Waals surface area contributed by atoms with E-state index in [9.17, 15) is 22.9 Å². The molecule has 0 atom stereocenters. The number of phenolic OH excluding ortho intramolecular Hbond substituents is 1. The molecule has 10 heteroatoms. The van der Waals surface area contributed by atoms with Gasteiger partial charge in [-0.15, -0.1) is 0 Å². The number of unbranched alkanes of at least 4 members (excludes halogenated alkanes) is 2. The number of nitrogens with zero attached hydrogens (tertiary/aromatic N) is 1. The Hall–Kier alpha value is -4.86. The van der Waals surface area contributed by atoms with Crippen molar-refractivity contribution in [3.8, 4) is 28.2 Å². The minimum atomic E-state index is -4.76. The highest BCUT2D eigenvalue weighted by Crippen LogP contribution is 2.45. The number of rotatable bonds is 13. The maximum absolute atomic E-state index is 12.8. The minimum absolute atomic E-state index is 0.00430. The zero-order valence-electron chi connectivity index (χ0n) is 29.4. The Morgan fingerprint density at radius 3 is 1.81 bits per heavy atom. The van der Waals surface area contributed by atoms with Crippen molar-refractivity contribution in [1.29, 1.82) is 0 Å². The van der Waals surface area contributed by atoms with Crippen molar-refractivity contribution in [1.82, 2.24) is 0 Å². The fourth-order valence-electron chi connectivity index (χ4n) is 6.22. The third-order valence-electron chi connectivity index (χ3n) is 9.09. The Bertz CT molecular complexity index is 2450. The third-order valence-corrected chi connectivity index (χ3v) is 10.6. The molecule has 1 aliphatic heterocycles. The normalized spacial score (nSPS) is 12.1. The van der Waals surface area contributed by atoms with Gasteiger partial charge >= 0.3 is 0 Å². The van der Waals surface area contributed by atoms with Crippen LogP contribution < -0.4 is 10.3 Å². The number of anilines is 1. The zero-order chi connectivity index (χ0) is 37.7. The second-order valence-electron chi connectivity index (χ2n) is 12.9.